The lowest BCUT2D eigenvalue weighted by Gasteiger charge is -2.17. The fourth-order valence-corrected chi connectivity index (χ4v) is 6.81. The van der Waals surface area contributed by atoms with E-state index in [4.69, 9.17) is 4.74 Å². The first-order valence-corrected chi connectivity index (χ1v) is 21.2. The van der Waals surface area contributed by atoms with Crippen molar-refractivity contribution in [2.75, 3.05) is 28.4 Å². The van der Waals surface area contributed by atoms with Crippen LogP contribution in [0.4, 0.5) is 23.0 Å². The summed E-state index contributed by atoms with van der Waals surface area (Å²) in [5.74, 6) is -0.758. The number of carboxylic acids is 1. The number of carbonyl (C=O) groups excluding carboxylic acids is 3. The smallest absolute Gasteiger partial charge is 0.328 e. The Labute approximate surface area is 387 Å². The Bertz CT molecular complexity index is 2870. The molecule has 2 aromatic heterocycles. The third-order valence-electron chi connectivity index (χ3n) is 10.3. The van der Waals surface area contributed by atoms with Gasteiger partial charge < -0.3 is 31.1 Å². The van der Waals surface area contributed by atoms with Crippen LogP contribution >= 0.6 is 0 Å². The number of benzene rings is 6. The maximum Gasteiger partial charge on any atom is 0.328 e. The number of carbonyl (C=O) groups is 4. The van der Waals surface area contributed by atoms with Crippen LogP contribution in [0, 0.1) is 0 Å². The van der Waals surface area contributed by atoms with Crippen LogP contribution in [-0.2, 0) is 27.2 Å². The Morgan fingerprint density at radius 1 is 0.493 bits per heavy atom. The molecule has 8 rings (SSSR count). The van der Waals surface area contributed by atoms with Crippen LogP contribution in [0.5, 0.6) is 0 Å². The molecule has 0 fully saturated rings. The number of hydrogen-bond donors (Lipinski definition) is 5. The van der Waals surface area contributed by atoms with Gasteiger partial charge in [-0.1, -0.05) is 121 Å². The Hall–Kier alpha value is -9.04. The van der Waals surface area contributed by atoms with Gasteiger partial charge in [-0.15, -0.1) is 0 Å². The number of hydrogen-bond acceptors (Lipinski definition) is 11. The van der Waals surface area contributed by atoms with Crippen LogP contribution in [0.15, 0.2) is 195 Å². The number of nitrogens with one attached hydrogen (secondary N) is 4. The van der Waals surface area contributed by atoms with Gasteiger partial charge in [0.2, 0.25) is 0 Å². The van der Waals surface area contributed by atoms with Crippen molar-refractivity contribution in [3.63, 3.8) is 0 Å². The van der Waals surface area contributed by atoms with E-state index in [0.717, 1.165) is 22.3 Å². The molecule has 67 heavy (non-hydrogen) atoms. The van der Waals surface area contributed by atoms with Gasteiger partial charge in [0.05, 0.1) is 18.5 Å². The minimum absolute atomic E-state index is 0.172. The van der Waals surface area contributed by atoms with Gasteiger partial charge in [-0.05, 0) is 59.7 Å². The molecule has 0 saturated carbocycles. The summed E-state index contributed by atoms with van der Waals surface area (Å²) < 4.78 is 4.97. The van der Waals surface area contributed by atoms with Crippen molar-refractivity contribution in [2.24, 2.45) is 0 Å². The lowest BCUT2D eigenvalue weighted by atomic mass is 10.1. The van der Waals surface area contributed by atoms with Gasteiger partial charge >= 0.3 is 11.9 Å². The molecule has 0 bridgehead atoms. The molecule has 6 aromatic carbocycles. The number of anilines is 4. The predicted molar refractivity (Wildman–Crippen MR) is 258 cm³/mol. The fraction of sp³-hybridized carbons (Fsp3) is 0.0943. The second-order valence-electron chi connectivity index (χ2n) is 15.0. The van der Waals surface area contributed by atoms with E-state index in [-0.39, 0.29) is 17.8 Å². The highest BCUT2D eigenvalue weighted by Gasteiger charge is 2.21. The number of ether oxygens (including phenoxy) is 1. The van der Waals surface area contributed by atoms with E-state index < -0.39 is 18.1 Å². The van der Waals surface area contributed by atoms with Gasteiger partial charge in [-0.3, -0.25) is 9.59 Å². The number of methoxy groups -OCH3 is 1. The number of nitrogens with zero attached hydrogens (tertiary/aromatic N) is 4. The van der Waals surface area contributed by atoms with Crippen molar-refractivity contribution in [2.45, 2.75) is 24.9 Å². The number of aliphatic carboxylic acids is 1. The number of carboxylic acid groups (broad SMARTS) is 1. The number of esters is 1. The van der Waals surface area contributed by atoms with E-state index in [1.807, 2.05) is 133 Å². The molecule has 0 saturated heterocycles. The summed E-state index contributed by atoms with van der Waals surface area (Å²) in [6.07, 6.45) is 3.62. The summed E-state index contributed by atoms with van der Waals surface area (Å²) in [6, 6.07) is 53.9. The first kappa shape index (κ1) is 46.0. The van der Waals surface area contributed by atoms with E-state index in [1.165, 1.54) is 19.8 Å². The second kappa shape index (κ2) is 23.1. The molecule has 2 heterocycles. The van der Waals surface area contributed by atoms with Crippen molar-refractivity contribution in [1.29, 1.82) is 0 Å². The van der Waals surface area contributed by atoms with E-state index in [1.54, 1.807) is 48.5 Å². The quantitative estimate of drug-likeness (QED) is 0.0578. The van der Waals surface area contributed by atoms with Crippen molar-refractivity contribution >= 4 is 46.8 Å². The molecule has 2 unspecified atom stereocenters. The molecule has 0 spiro atoms. The van der Waals surface area contributed by atoms with Crippen LogP contribution in [0.3, 0.4) is 0 Å². The molecule has 0 aliphatic rings. The van der Waals surface area contributed by atoms with Crippen LogP contribution in [0.2, 0.25) is 0 Å². The summed E-state index contributed by atoms with van der Waals surface area (Å²) in [5.41, 5.74) is 7.42. The van der Waals surface area contributed by atoms with E-state index in [9.17, 15) is 24.3 Å². The van der Waals surface area contributed by atoms with Gasteiger partial charge in [0, 0.05) is 58.6 Å². The zero-order valence-electron chi connectivity index (χ0n) is 36.3. The number of aromatic nitrogens is 4. The molecule has 14 heteroatoms. The summed E-state index contributed by atoms with van der Waals surface area (Å²) >= 11 is 0. The molecule has 2 amide bonds. The summed E-state index contributed by atoms with van der Waals surface area (Å²) in [6.45, 7) is 0. The first-order chi connectivity index (χ1) is 32.7. The topological polar surface area (TPSA) is 197 Å². The molecule has 0 aliphatic carbocycles. The largest absolute Gasteiger partial charge is 0.480 e. The molecular weight excluding hydrogens is 845 g/mol. The van der Waals surface area contributed by atoms with Crippen LogP contribution < -0.4 is 21.3 Å². The summed E-state index contributed by atoms with van der Waals surface area (Å²) in [5, 5.41) is 21.5. The van der Waals surface area contributed by atoms with Gasteiger partial charge in [0.1, 0.15) is 36.4 Å². The molecule has 14 nitrogen and oxygen atoms in total. The van der Waals surface area contributed by atoms with Gasteiger partial charge in [-0.25, -0.2) is 29.5 Å². The van der Waals surface area contributed by atoms with E-state index in [2.05, 4.69) is 41.2 Å². The highest BCUT2D eigenvalue weighted by molar-refractivity contribution is 6.05. The van der Waals surface area contributed by atoms with Crippen molar-refractivity contribution in [3.05, 3.63) is 217 Å². The molecular formula is C53H46N8O6. The Morgan fingerprint density at radius 3 is 1.25 bits per heavy atom. The standard InChI is InChI=1S/C27H24N4O3.C26H22N4O3/c1-34-27(33)24(16-19-8-4-2-5-9-19)31-25-17-23(28-18-29-25)20-12-14-22(15-13-20)30-26(32)21-10-6-3-7-11-21;31-25(20-9-5-2-6-10-20)29-21-13-11-19(12-14-21)22-16-24(28-17-27-22)30-23(26(32)33)15-18-7-3-1-4-8-18/h2-15,17-18,24H,16H2,1H3,(H,30,32)(H,28,29,31);1-14,16-17,23H,15H2,(H,29,31)(H,32,33)(H,27,28,30). The molecule has 5 N–H and O–H groups in total. The zero-order chi connectivity index (χ0) is 46.8. The molecule has 0 radical (unpaired) electrons. The summed E-state index contributed by atoms with van der Waals surface area (Å²) in [7, 11) is 1.37. The molecule has 8 aromatic rings. The minimum atomic E-state index is -0.961. The van der Waals surface area contributed by atoms with E-state index >= 15 is 0 Å². The molecule has 2 atom stereocenters. The Kier molecular flexibility index (Phi) is 15.8. The number of amides is 2. The normalized spacial score (nSPS) is 11.4. The van der Waals surface area contributed by atoms with Gasteiger partial charge in [0.25, 0.3) is 11.8 Å². The minimum Gasteiger partial charge on any atom is -0.480 e. The monoisotopic (exact) mass is 890 g/mol. The van der Waals surface area contributed by atoms with Crippen LogP contribution in [0.1, 0.15) is 31.8 Å². The lowest BCUT2D eigenvalue weighted by Crippen LogP contribution is -2.33. The lowest BCUT2D eigenvalue weighted by molar-refractivity contribution is -0.141. The fourth-order valence-electron chi connectivity index (χ4n) is 6.81. The second-order valence-corrected chi connectivity index (χ2v) is 15.0. The Balaban J connectivity index is 0.000000199. The van der Waals surface area contributed by atoms with Gasteiger partial charge in [-0.2, -0.15) is 0 Å². The average molecular weight is 891 g/mol. The SMILES string of the molecule is COC(=O)C(Cc1ccccc1)Nc1cc(-c2ccc(NC(=O)c3ccccc3)cc2)ncn1.O=C(Nc1ccc(-c2cc(NC(Cc3ccccc3)C(=O)O)ncn2)cc1)c1ccccc1. The van der Waals surface area contributed by atoms with Crippen molar-refractivity contribution in [1.82, 2.24) is 19.9 Å². The predicted octanol–water partition coefficient (Wildman–Crippen LogP) is 9.10. The highest BCUT2D eigenvalue weighted by atomic mass is 16.5. The number of rotatable bonds is 16. The van der Waals surface area contributed by atoms with Crippen molar-refractivity contribution in [3.8, 4) is 22.5 Å². The van der Waals surface area contributed by atoms with Crippen LogP contribution in [0.25, 0.3) is 22.5 Å². The first-order valence-electron chi connectivity index (χ1n) is 21.2. The third-order valence-corrected chi connectivity index (χ3v) is 10.3. The maximum absolute atomic E-state index is 12.3. The van der Waals surface area contributed by atoms with Crippen LogP contribution in [-0.4, -0.2) is 68.0 Å². The molecule has 0 aliphatic heterocycles. The molecule has 334 valence electrons. The maximum atomic E-state index is 12.3. The third kappa shape index (κ3) is 13.5. The van der Waals surface area contributed by atoms with Crippen molar-refractivity contribution < 1.29 is 29.0 Å². The summed E-state index contributed by atoms with van der Waals surface area (Å²) in [4.78, 5) is 65.8. The average Bonchev–Trinajstić information content (AvgIpc) is 3.37. The highest BCUT2D eigenvalue weighted by Crippen LogP contribution is 2.24. The van der Waals surface area contributed by atoms with Gasteiger partial charge in [0.15, 0.2) is 0 Å². The van der Waals surface area contributed by atoms with E-state index in [0.29, 0.717) is 58.4 Å². The Morgan fingerprint density at radius 2 is 0.866 bits per heavy atom. The zero-order valence-corrected chi connectivity index (χ0v) is 36.3.